The molecule has 0 spiro atoms. The van der Waals surface area contributed by atoms with E-state index in [1.807, 2.05) is 6.07 Å². The maximum absolute atomic E-state index is 10.4. The average Bonchev–Trinajstić information content (AvgIpc) is 2.20. The Morgan fingerprint density at radius 2 is 2.33 bits per heavy atom. The Balaban J connectivity index is 2.92. The van der Waals surface area contributed by atoms with E-state index in [9.17, 15) is 4.79 Å². The van der Waals surface area contributed by atoms with Gasteiger partial charge in [0, 0.05) is 11.8 Å². The van der Waals surface area contributed by atoms with Crippen LogP contribution in [0, 0.1) is 23.2 Å². The topological polar surface area (TPSA) is 106 Å². The third-order valence-corrected chi connectivity index (χ3v) is 1.53. The van der Waals surface area contributed by atoms with E-state index >= 15 is 0 Å². The van der Waals surface area contributed by atoms with Crippen molar-refractivity contribution in [2.45, 2.75) is 6.42 Å². The van der Waals surface area contributed by atoms with Gasteiger partial charge in [0.25, 0.3) is 0 Å². The molecule has 0 bridgehead atoms. The van der Waals surface area contributed by atoms with Gasteiger partial charge in [-0.15, -0.1) is 0 Å². The van der Waals surface area contributed by atoms with Crippen LogP contribution in [0.4, 0.5) is 5.82 Å². The van der Waals surface area contributed by atoms with Gasteiger partial charge in [0.2, 0.25) is 5.91 Å². The average molecular weight is 200 g/mol. The summed E-state index contributed by atoms with van der Waals surface area (Å²) in [5, 5.41) is 8.66. The van der Waals surface area contributed by atoms with E-state index in [1.165, 1.54) is 12.3 Å². The van der Waals surface area contributed by atoms with E-state index in [0.29, 0.717) is 5.56 Å². The molecule has 0 aliphatic rings. The van der Waals surface area contributed by atoms with Gasteiger partial charge in [-0.05, 0) is 6.07 Å². The van der Waals surface area contributed by atoms with E-state index in [4.69, 9.17) is 16.7 Å². The van der Waals surface area contributed by atoms with Crippen LogP contribution < -0.4 is 11.5 Å². The molecule has 0 unspecified atom stereocenters. The van der Waals surface area contributed by atoms with Gasteiger partial charge in [-0.25, -0.2) is 4.98 Å². The van der Waals surface area contributed by atoms with Gasteiger partial charge >= 0.3 is 0 Å². The van der Waals surface area contributed by atoms with Crippen LogP contribution in [-0.4, -0.2) is 10.9 Å². The fraction of sp³-hybridized carbons (Fsp3) is 0.100. The van der Waals surface area contributed by atoms with Gasteiger partial charge in [-0.3, -0.25) is 4.79 Å². The molecule has 1 aromatic heterocycles. The quantitative estimate of drug-likeness (QED) is 0.610. The molecule has 5 heteroatoms. The van der Waals surface area contributed by atoms with Crippen molar-refractivity contribution in [1.29, 1.82) is 5.26 Å². The van der Waals surface area contributed by atoms with Crippen molar-refractivity contribution in [1.82, 2.24) is 4.98 Å². The number of amides is 1. The molecule has 0 aliphatic carbocycles. The highest BCUT2D eigenvalue weighted by atomic mass is 16.1. The zero-order chi connectivity index (χ0) is 11.3. The first-order valence-corrected chi connectivity index (χ1v) is 4.06. The molecule has 0 saturated carbocycles. The highest BCUT2D eigenvalue weighted by molar-refractivity contribution is 5.76. The molecule has 0 aliphatic heterocycles. The van der Waals surface area contributed by atoms with E-state index in [-0.39, 0.29) is 17.8 Å². The molecule has 1 aromatic rings. The molecule has 0 saturated heterocycles. The van der Waals surface area contributed by atoms with Gasteiger partial charge in [0.05, 0.1) is 12.0 Å². The number of nitrogen functional groups attached to an aromatic ring is 1. The number of nitriles is 1. The predicted octanol–water partition coefficient (Wildman–Crippen LogP) is -0.238. The summed E-state index contributed by atoms with van der Waals surface area (Å²) in [7, 11) is 0. The normalized spacial score (nSPS) is 8.47. The summed E-state index contributed by atoms with van der Waals surface area (Å²) in [4.78, 5) is 14.2. The van der Waals surface area contributed by atoms with Gasteiger partial charge in [-0.1, -0.05) is 11.8 Å². The third-order valence-electron chi connectivity index (χ3n) is 1.53. The Hall–Kier alpha value is -2.53. The van der Waals surface area contributed by atoms with Crippen LogP contribution in [0.2, 0.25) is 0 Å². The van der Waals surface area contributed by atoms with Crippen molar-refractivity contribution in [2.75, 3.05) is 5.73 Å². The lowest BCUT2D eigenvalue weighted by molar-refractivity contribution is -0.117. The van der Waals surface area contributed by atoms with Gasteiger partial charge < -0.3 is 11.5 Å². The molecule has 0 atom stereocenters. The molecule has 15 heavy (non-hydrogen) atoms. The minimum atomic E-state index is -0.494. The van der Waals surface area contributed by atoms with E-state index in [2.05, 4.69) is 16.8 Å². The summed E-state index contributed by atoms with van der Waals surface area (Å²) in [6, 6.07) is 3.40. The van der Waals surface area contributed by atoms with Crippen LogP contribution >= 0.6 is 0 Å². The monoisotopic (exact) mass is 200 g/mol. The van der Waals surface area contributed by atoms with Crippen LogP contribution in [0.5, 0.6) is 0 Å². The first kappa shape index (κ1) is 10.6. The number of anilines is 1. The zero-order valence-corrected chi connectivity index (χ0v) is 7.82. The Morgan fingerprint density at radius 1 is 1.60 bits per heavy atom. The molecule has 0 aromatic carbocycles. The second kappa shape index (κ2) is 4.64. The Kier molecular flexibility index (Phi) is 3.26. The number of primary amides is 1. The first-order valence-electron chi connectivity index (χ1n) is 4.06. The molecular formula is C10H8N4O. The number of nitrogens with zero attached hydrogens (tertiary/aromatic N) is 2. The van der Waals surface area contributed by atoms with E-state index in [0.717, 1.165) is 0 Å². The van der Waals surface area contributed by atoms with E-state index < -0.39 is 5.91 Å². The van der Waals surface area contributed by atoms with Crippen LogP contribution in [0.25, 0.3) is 0 Å². The third kappa shape index (κ3) is 3.02. The Labute approximate surface area is 86.7 Å². The van der Waals surface area contributed by atoms with Crippen molar-refractivity contribution in [3.63, 3.8) is 0 Å². The van der Waals surface area contributed by atoms with Crippen LogP contribution in [0.15, 0.2) is 12.3 Å². The fourth-order valence-electron chi connectivity index (χ4n) is 0.867. The predicted molar refractivity (Wildman–Crippen MR) is 54.1 cm³/mol. The summed E-state index contributed by atoms with van der Waals surface area (Å²) in [5.74, 6) is 4.89. The summed E-state index contributed by atoms with van der Waals surface area (Å²) in [6.45, 7) is 0. The number of rotatable bonds is 1. The lowest BCUT2D eigenvalue weighted by atomic mass is 10.2. The zero-order valence-electron chi connectivity index (χ0n) is 7.82. The minimum absolute atomic E-state index is 0.0216. The number of pyridine rings is 1. The maximum Gasteiger partial charge on any atom is 0.229 e. The van der Waals surface area contributed by atoms with Crippen molar-refractivity contribution in [3.8, 4) is 17.9 Å². The fourth-order valence-corrected chi connectivity index (χ4v) is 0.867. The molecule has 0 fully saturated rings. The maximum atomic E-state index is 10.4. The summed E-state index contributed by atoms with van der Waals surface area (Å²) < 4.78 is 0. The van der Waals surface area contributed by atoms with Crippen LogP contribution in [0.3, 0.4) is 0 Å². The van der Waals surface area contributed by atoms with Gasteiger partial charge in [0.15, 0.2) is 0 Å². The molecule has 1 rings (SSSR count). The van der Waals surface area contributed by atoms with Crippen molar-refractivity contribution in [3.05, 3.63) is 23.4 Å². The number of aromatic nitrogens is 1. The van der Waals surface area contributed by atoms with Crippen molar-refractivity contribution in [2.24, 2.45) is 5.73 Å². The highest BCUT2D eigenvalue weighted by Crippen LogP contribution is 2.07. The number of carbonyl (C=O) groups is 1. The molecule has 5 nitrogen and oxygen atoms in total. The van der Waals surface area contributed by atoms with Crippen molar-refractivity contribution >= 4 is 11.7 Å². The minimum Gasteiger partial charge on any atom is -0.383 e. The molecule has 1 heterocycles. The molecular weight excluding hydrogens is 192 g/mol. The second-order valence-electron chi connectivity index (χ2n) is 2.71. The lowest BCUT2D eigenvalue weighted by Crippen LogP contribution is -2.08. The Bertz CT molecular complexity index is 490. The number of carbonyl (C=O) groups excluding carboxylic acids is 1. The molecule has 4 N–H and O–H groups in total. The van der Waals surface area contributed by atoms with Gasteiger partial charge in [0.1, 0.15) is 11.9 Å². The van der Waals surface area contributed by atoms with E-state index in [1.54, 1.807) is 0 Å². The molecule has 74 valence electrons. The second-order valence-corrected chi connectivity index (χ2v) is 2.71. The largest absolute Gasteiger partial charge is 0.383 e. The first-order chi connectivity index (χ1) is 7.13. The standard InChI is InChI=1S/C10H8N4O/c11-5-8-4-7(6-14-10(8)13)2-1-3-9(12)15/h4,6H,3H2,(H2,12,15)(H2,13,14). The van der Waals surface area contributed by atoms with Crippen LogP contribution in [-0.2, 0) is 4.79 Å². The Morgan fingerprint density at radius 3 is 2.93 bits per heavy atom. The number of hydrogen-bond acceptors (Lipinski definition) is 4. The summed E-state index contributed by atoms with van der Waals surface area (Å²) in [6.07, 6.45) is 1.41. The molecule has 1 amide bonds. The highest BCUT2D eigenvalue weighted by Gasteiger charge is 1.99. The summed E-state index contributed by atoms with van der Waals surface area (Å²) in [5.41, 5.74) is 11.1. The van der Waals surface area contributed by atoms with Gasteiger partial charge in [-0.2, -0.15) is 5.26 Å². The lowest BCUT2D eigenvalue weighted by Gasteiger charge is -1.95. The smallest absolute Gasteiger partial charge is 0.229 e. The SMILES string of the molecule is N#Cc1cc(C#CCC(N)=O)cnc1N. The summed E-state index contributed by atoms with van der Waals surface area (Å²) >= 11 is 0. The number of nitrogens with two attached hydrogens (primary N) is 2. The number of hydrogen-bond donors (Lipinski definition) is 2. The van der Waals surface area contributed by atoms with Crippen LogP contribution in [0.1, 0.15) is 17.5 Å². The molecule has 0 radical (unpaired) electrons. The van der Waals surface area contributed by atoms with Crippen molar-refractivity contribution < 1.29 is 4.79 Å².